The Hall–Kier alpha value is -6.68. The molecule has 1 aromatic heterocycles. The maximum absolute atomic E-state index is 14.2. The largest absolute Gasteiger partial charge is 0.457 e. The number of anilines is 1. The zero-order chi connectivity index (χ0) is 47.2. The van der Waals surface area contributed by atoms with E-state index in [1.54, 1.807) is 33.1 Å². The van der Waals surface area contributed by atoms with Gasteiger partial charge in [-0.2, -0.15) is 0 Å². The summed E-state index contributed by atoms with van der Waals surface area (Å²) >= 11 is 7.21. The van der Waals surface area contributed by atoms with E-state index in [4.69, 9.17) is 19.3 Å². The number of hydrogen-bond donors (Lipinski definition) is 3. The molecule has 0 radical (unpaired) electrons. The number of benzene rings is 5. The van der Waals surface area contributed by atoms with E-state index in [1.807, 2.05) is 115 Å². The molecule has 1 saturated heterocycles. The number of thioether (sulfide) groups is 1. The van der Waals surface area contributed by atoms with Gasteiger partial charge in [-0.1, -0.05) is 164 Å². The number of nitrogens with zero attached hydrogens (tertiary/aromatic N) is 3. The van der Waals surface area contributed by atoms with Gasteiger partial charge in [0.1, 0.15) is 40.2 Å². The van der Waals surface area contributed by atoms with Crippen molar-refractivity contribution in [1.82, 2.24) is 15.2 Å². The van der Waals surface area contributed by atoms with E-state index in [0.717, 1.165) is 34.0 Å². The summed E-state index contributed by atoms with van der Waals surface area (Å²) in [6, 6.07) is 47.8. The van der Waals surface area contributed by atoms with Gasteiger partial charge in [0.25, 0.3) is 17.4 Å². The molecule has 2 aliphatic rings. The number of fused-ring (bicyclic) bond motifs is 1. The van der Waals surface area contributed by atoms with Gasteiger partial charge in [-0.25, -0.2) is 14.6 Å². The fourth-order valence-corrected chi connectivity index (χ4v) is 10.5. The monoisotopic (exact) mass is 951 g/mol. The lowest BCUT2D eigenvalue weighted by Crippen LogP contribution is -2.70. The Morgan fingerprint density at radius 1 is 0.821 bits per heavy atom. The Bertz CT molecular complexity index is 2630. The van der Waals surface area contributed by atoms with Crippen LogP contribution >= 0.6 is 35.7 Å². The van der Waals surface area contributed by atoms with E-state index in [1.165, 1.54) is 28.0 Å². The molecule has 5 aromatic carbocycles. The third kappa shape index (κ3) is 9.76. The van der Waals surface area contributed by atoms with Crippen molar-refractivity contribution in [2.75, 3.05) is 11.1 Å². The highest BCUT2D eigenvalue weighted by Gasteiger charge is 2.55. The molecule has 0 saturated carbocycles. The number of hydrogen-bond acceptors (Lipinski definition) is 13. The number of ether oxygens (including phenoxy) is 2. The highest BCUT2D eigenvalue weighted by atomic mass is 32.2. The van der Waals surface area contributed by atoms with Crippen LogP contribution in [0, 0.1) is 0 Å². The van der Waals surface area contributed by atoms with Crippen molar-refractivity contribution >= 4 is 70.8 Å². The van der Waals surface area contributed by atoms with Crippen LogP contribution in [0.15, 0.2) is 173 Å². The summed E-state index contributed by atoms with van der Waals surface area (Å²) in [4.78, 5) is 68.1. The molecule has 2 N–H and O–H groups in total. The summed E-state index contributed by atoms with van der Waals surface area (Å²) in [5.74, 6) is -2.45. The van der Waals surface area contributed by atoms with Gasteiger partial charge in [-0.15, -0.1) is 35.7 Å². The van der Waals surface area contributed by atoms with Gasteiger partial charge in [0.15, 0.2) is 11.2 Å². The Kier molecular flexibility index (Phi) is 14.0. The quantitative estimate of drug-likeness (QED) is 0.0214. The minimum atomic E-state index is -1.88. The molecule has 342 valence electrons. The number of oxime groups is 1. The van der Waals surface area contributed by atoms with Crippen molar-refractivity contribution in [3.63, 3.8) is 0 Å². The van der Waals surface area contributed by atoms with E-state index in [9.17, 15) is 19.2 Å². The fraction of sp³-hybridized carbons (Fsp3) is 0.231. The van der Waals surface area contributed by atoms with Crippen molar-refractivity contribution in [1.29, 1.82) is 0 Å². The fourth-order valence-electron chi connectivity index (χ4n) is 8.09. The normalized spacial score (nSPS) is 17.0. The summed E-state index contributed by atoms with van der Waals surface area (Å²) in [5.41, 5.74) is 0.948. The van der Waals surface area contributed by atoms with Crippen LogP contribution in [0.25, 0.3) is 0 Å². The van der Waals surface area contributed by atoms with Gasteiger partial charge >= 0.3 is 11.9 Å². The van der Waals surface area contributed by atoms with Crippen molar-refractivity contribution < 1.29 is 33.5 Å². The second-order valence-electron chi connectivity index (χ2n) is 16.8. The Morgan fingerprint density at radius 3 is 1.82 bits per heavy atom. The molecule has 3 atom stereocenters. The van der Waals surface area contributed by atoms with Crippen LogP contribution in [0.4, 0.5) is 5.13 Å². The number of rotatable bonds is 16. The highest BCUT2D eigenvalue weighted by molar-refractivity contribution is 8.01. The van der Waals surface area contributed by atoms with E-state index in [-0.39, 0.29) is 17.8 Å². The minimum Gasteiger partial charge on any atom is -0.457 e. The number of thiol groups is 1. The van der Waals surface area contributed by atoms with Crippen molar-refractivity contribution in [2.45, 2.75) is 68.4 Å². The van der Waals surface area contributed by atoms with Crippen molar-refractivity contribution in [2.24, 2.45) is 5.16 Å². The van der Waals surface area contributed by atoms with Crippen LogP contribution in [0.1, 0.15) is 73.7 Å². The van der Waals surface area contributed by atoms with Crippen LogP contribution in [-0.2, 0) is 44.6 Å². The molecule has 1 fully saturated rings. The molecule has 12 nitrogen and oxygen atoms in total. The third-order valence-electron chi connectivity index (χ3n) is 11.3. The van der Waals surface area contributed by atoms with Gasteiger partial charge in [0.05, 0.1) is 0 Å². The number of carbonyl (C=O) groups excluding carboxylic acids is 4. The summed E-state index contributed by atoms with van der Waals surface area (Å²) < 4.78 is 12.0. The molecule has 67 heavy (non-hydrogen) atoms. The average Bonchev–Trinajstić information content (AvgIpc) is 3.82. The van der Waals surface area contributed by atoms with E-state index in [2.05, 4.69) is 64.8 Å². The minimum absolute atomic E-state index is 0.0206. The van der Waals surface area contributed by atoms with Crippen molar-refractivity contribution in [3.05, 3.63) is 201 Å². The predicted molar refractivity (Wildman–Crippen MR) is 264 cm³/mol. The lowest BCUT2D eigenvalue weighted by molar-refractivity contribution is -0.187. The first-order valence-electron chi connectivity index (χ1n) is 21.7. The zero-order valence-electron chi connectivity index (χ0n) is 37.2. The summed E-state index contributed by atoms with van der Waals surface area (Å²) in [6.07, 6.45) is 0.162. The van der Waals surface area contributed by atoms with Crippen LogP contribution in [-0.4, -0.2) is 62.6 Å². The number of nitrogens with one attached hydrogen (secondary N) is 2. The number of carbonyl (C=O) groups is 4. The lowest BCUT2D eigenvalue weighted by atomic mass is 9.77. The van der Waals surface area contributed by atoms with Gasteiger partial charge in [-0.05, 0) is 48.6 Å². The van der Waals surface area contributed by atoms with E-state index in [0.29, 0.717) is 15.8 Å². The molecular formula is C52H49N5O7S3. The van der Waals surface area contributed by atoms with Gasteiger partial charge in [0.2, 0.25) is 0 Å². The standard InChI is InChI=1S/C52H49N5O7S3/c1-5-51(48(61)63-50(2,3)4,40-33-67-49(54-40)56-52(36-25-15-8-16-26-36,37-27-17-9-18-28-37)38-29-19-10-20-30-38)64-53-31-41(58)55-42-45(59)57-43(39(65)32-66-46(42)57)47(60)62-44(34-21-11-6-12-22-34)35-23-13-7-14-24-35/h6-31,33,42,44,46,65H,5,32H2,1-4H3,(H,54,56)(H,55,58)/b53-31-. The smallest absolute Gasteiger partial charge is 0.360 e. The maximum atomic E-state index is 14.2. The van der Waals surface area contributed by atoms with E-state index < -0.39 is 58.0 Å². The molecule has 3 unspecified atom stereocenters. The van der Waals surface area contributed by atoms with Crippen molar-refractivity contribution in [3.8, 4) is 0 Å². The molecule has 0 bridgehead atoms. The maximum Gasteiger partial charge on any atom is 0.360 e. The average molecular weight is 952 g/mol. The van der Waals surface area contributed by atoms with E-state index >= 15 is 0 Å². The molecule has 0 aliphatic carbocycles. The van der Waals surface area contributed by atoms with Crippen LogP contribution in [0.5, 0.6) is 0 Å². The Balaban J connectivity index is 1.02. The third-order valence-corrected chi connectivity index (χ3v) is 13.9. The predicted octanol–water partition coefficient (Wildman–Crippen LogP) is 9.37. The van der Waals surface area contributed by atoms with Crippen LogP contribution in [0.3, 0.4) is 0 Å². The first-order chi connectivity index (χ1) is 32.3. The lowest BCUT2D eigenvalue weighted by Gasteiger charge is -2.49. The first-order valence-corrected chi connectivity index (χ1v) is 24.1. The van der Waals surface area contributed by atoms with Gasteiger partial charge in [0, 0.05) is 22.5 Å². The van der Waals surface area contributed by atoms with Gasteiger partial charge < -0.3 is 24.9 Å². The molecule has 0 spiro atoms. The summed E-state index contributed by atoms with van der Waals surface area (Å²) in [5, 5.41) is 12.0. The SMILES string of the molecule is CCC(O/N=C\C(=O)NC1C(=O)N2C(C(=O)OC(c3ccccc3)c3ccccc3)=C(S)CSC12)(C(=O)OC(C)(C)C)c1csc(NC(c2ccccc2)(c2ccccc2)c2ccccc2)n1. The molecule has 6 aromatic rings. The number of amides is 2. The second kappa shape index (κ2) is 20.0. The molecule has 8 rings (SSSR count). The number of aromatic nitrogens is 1. The molecule has 15 heteroatoms. The molecule has 2 aliphatic heterocycles. The zero-order valence-corrected chi connectivity index (χ0v) is 39.7. The summed E-state index contributed by atoms with van der Waals surface area (Å²) in [7, 11) is 0. The Morgan fingerprint density at radius 2 is 1.33 bits per heavy atom. The second-order valence-corrected chi connectivity index (χ2v) is 19.3. The highest BCUT2D eigenvalue weighted by Crippen LogP contribution is 2.44. The number of thiazole rings is 1. The van der Waals surface area contributed by atoms with Gasteiger partial charge in [-0.3, -0.25) is 14.5 Å². The number of β-lactam (4-membered cyclic amide) rings is 1. The number of esters is 2. The molecule has 3 heterocycles. The molecule has 2 amide bonds. The summed E-state index contributed by atoms with van der Waals surface area (Å²) in [6.45, 7) is 6.97. The van der Waals surface area contributed by atoms with Crippen LogP contribution in [0.2, 0.25) is 0 Å². The Labute approximate surface area is 403 Å². The van der Waals surface area contributed by atoms with Crippen LogP contribution < -0.4 is 10.6 Å². The first kappa shape index (κ1) is 46.8. The molecular weight excluding hydrogens is 903 g/mol. The topological polar surface area (TPSA) is 149 Å².